The van der Waals surface area contributed by atoms with Crippen molar-refractivity contribution in [2.24, 2.45) is 0 Å². The number of carbonyl (C=O) groups excluding carboxylic acids is 2. The maximum Gasteiger partial charge on any atom is 0.408 e. The second-order valence-corrected chi connectivity index (χ2v) is 6.95. The van der Waals surface area contributed by atoms with Crippen LogP contribution in [-0.2, 0) is 27.3 Å². The number of imidazole rings is 1. The van der Waals surface area contributed by atoms with Gasteiger partial charge in [-0.25, -0.2) is 14.6 Å². The molecule has 3 aromatic rings. The summed E-state index contributed by atoms with van der Waals surface area (Å²) in [5.41, 5.74) is 0.173. The number of hydrogen-bond donors (Lipinski definition) is 1. The number of non-ortho nitro benzene ring substituents is 1. The fraction of sp³-hybridized carbons (Fsp3) is 0.190. The van der Waals surface area contributed by atoms with E-state index in [-0.39, 0.29) is 18.7 Å². The number of methoxy groups -OCH3 is 1. The smallest absolute Gasteiger partial charge is 0.408 e. The molecule has 2 aromatic carbocycles. The zero-order valence-corrected chi connectivity index (χ0v) is 17.8. The van der Waals surface area contributed by atoms with Crippen molar-refractivity contribution in [3.8, 4) is 5.69 Å². The molecule has 13 nitrogen and oxygen atoms in total. The summed E-state index contributed by atoms with van der Waals surface area (Å²) in [4.78, 5) is 49.3. The number of aromatic nitrogens is 2. The quantitative estimate of drug-likeness (QED) is 0.281. The Balaban J connectivity index is 1.74. The van der Waals surface area contributed by atoms with Gasteiger partial charge in [-0.2, -0.15) is 0 Å². The molecule has 0 aliphatic carbocycles. The third-order valence-electron chi connectivity index (χ3n) is 4.68. The number of hydrogen-bond acceptors (Lipinski definition) is 9. The molecule has 0 saturated heterocycles. The van der Waals surface area contributed by atoms with Gasteiger partial charge in [0.15, 0.2) is 0 Å². The van der Waals surface area contributed by atoms with Gasteiger partial charge < -0.3 is 14.8 Å². The van der Waals surface area contributed by atoms with Gasteiger partial charge in [0.05, 0.1) is 35.0 Å². The van der Waals surface area contributed by atoms with Crippen LogP contribution in [0.4, 0.5) is 16.2 Å². The number of carbonyl (C=O) groups is 2. The van der Waals surface area contributed by atoms with Gasteiger partial charge in [0.25, 0.3) is 11.4 Å². The Morgan fingerprint density at radius 2 is 1.85 bits per heavy atom. The Labute approximate surface area is 192 Å². The third-order valence-corrected chi connectivity index (χ3v) is 4.68. The molecule has 34 heavy (non-hydrogen) atoms. The first kappa shape index (κ1) is 23.8. The minimum absolute atomic E-state index is 0.000988. The lowest BCUT2D eigenvalue weighted by Gasteiger charge is -2.15. The van der Waals surface area contributed by atoms with Crippen LogP contribution >= 0.6 is 0 Å². The lowest BCUT2D eigenvalue weighted by Crippen LogP contribution is -2.43. The van der Waals surface area contributed by atoms with Crippen LogP contribution in [0.3, 0.4) is 0 Å². The molecule has 3 rings (SSSR count). The van der Waals surface area contributed by atoms with Gasteiger partial charge in [-0.3, -0.25) is 24.8 Å². The average molecular weight is 469 g/mol. The van der Waals surface area contributed by atoms with Crippen LogP contribution in [-0.4, -0.2) is 44.6 Å². The minimum Gasteiger partial charge on any atom is -0.467 e. The average Bonchev–Trinajstić information content (AvgIpc) is 3.30. The minimum atomic E-state index is -1.14. The van der Waals surface area contributed by atoms with Crippen molar-refractivity contribution in [2.45, 2.75) is 19.1 Å². The van der Waals surface area contributed by atoms with Crippen molar-refractivity contribution in [1.82, 2.24) is 14.9 Å². The molecule has 0 spiro atoms. The van der Waals surface area contributed by atoms with Crippen LogP contribution in [0.5, 0.6) is 0 Å². The van der Waals surface area contributed by atoms with E-state index < -0.39 is 39.3 Å². The number of nitro groups is 2. The summed E-state index contributed by atoms with van der Waals surface area (Å²) in [5.74, 6) is -0.743. The second-order valence-electron chi connectivity index (χ2n) is 6.95. The highest BCUT2D eigenvalue weighted by Gasteiger charge is 2.25. The summed E-state index contributed by atoms with van der Waals surface area (Å²) in [5, 5.41) is 24.7. The Morgan fingerprint density at radius 3 is 2.50 bits per heavy atom. The van der Waals surface area contributed by atoms with Gasteiger partial charge in [0.2, 0.25) is 0 Å². The molecular formula is C21H19N5O8. The molecule has 0 radical (unpaired) electrons. The molecule has 1 N–H and O–H groups in total. The van der Waals surface area contributed by atoms with E-state index in [2.05, 4.69) is 10.3 Å². The fourth-order valence-electron chi connectivity index (χ4n) is 3.04. The molecule has 1 aromatic heterocycles. The molecule has 0 aliphatic heterocycles. The van der Waals surface area contributed by atoms with Crippen molar-refractivity contribution in [3.05, 3.63) is 92.5 Å². The molecule has 0 saturated carbocycles. The van der Waals surface area contributed by atoms with Gasteiger partial charge in [-0.1, -0.05) is 30.3 Å². The van der Waals surface area contributed by atoms with Crippen molar-refractivity contribution in [3.63, 3.8) is 0 Å². The van der Waals surface area contributed by atoms with Crippen LogP contribution < -0.4 is 5.32 Å². The number of nitrogens with one attached hydrogen (secondary N) is 1. The number of amides is 1. The standard InChI is InChI=1S/C21H19N5O8/c1-33-20(27)17(23-21(28)34-12-14-5-3-2-4-6-14)9-15-11-24(13-22-15)18-8-7-16(25(29)30)10-19(18)26(31)32/h2-8,10-11,13,17H,9,12H2,1H3,(H,23,28)/t17-/m0/s1. The molecule has 1 amide bonds. The number of rotatable bonds is 9. The van der Waals surface area contributed by atoms with E-state index in [4.69, 9.17) is 9.47 Å². The molecule has 0 aliphatic rings. The van der Waals surface area contributed by atoms with E-state index in [9.17, 15) is 29.8 Å². The summed E-state index contributed by atoms with van der Waals surface area (Å²) in [7, 11) is 1.16. The zero-order chi connectivity index (χ0) is 24.7. The van der Waals surface area contributed by atoms with E-state index in [0.29, 0.717) is 5.69 Å². The van der Waals surface area contributed by atoms with E-state index in [1.165, 1.54) is 23.2 Å². The van der Waals surface area contributed by atoms with Crippen LogP contribution in [0.1, 0.15) is 11.3 Å². The lowest BCUT2D eigenvalue weighted by atomic mass is 10.1. The summed E-state index contributed by atoms with van der Waals surface area (Å²) < 4.78 is 11.1. The Bertz CT molecular complexity index is 1210. The van der Waals surface area contributed by atoms with Crippen LogP contribution in [0.2, 0.25) is 0 Å². The molecular weight excluding hydrogens is 450 g/mol. The number of alkyl carbamates (subject to hydrolysis) is 1. The van der Waals surface area contributed by atoms with Crippen molar-refractivity contribution in [1.29, 1.82) is 0 Å². The number of ether oxygens (including phenoxy) is 2. The summed E-state index contributed by atoms with van der Waals surface area (Å²) in [6.45, 7) is -0.000988. The van der Waals surface area contributed by atoms with Crippen molar-refractivity contribution >= 4 is 23.4 Å². The van der Waals surface area contributed by atoms with Gasteiger partial charge in [-0.05, 0) is 11.6 Å². The first-order valence-electron chi connectivity index (χ1n) is 9.79. The topological polar surface area (TPSA) is 169 Å². The highest BCUT2D eigenvalue weighted by Crippen LogP contribution is 2.28. The van der Waals surface area contributed by atoms with Gasteiger partial charge in [0, 0.05) is 18.7 Å². The molecule has 0 fully saturated rings. The zero-order valence-electron chi connectivity index (χ0n) is 17.8. The van der Waals surface area contributed by atoms with Crippen molar-refractivity contribution in [2.75, 3.05) is 7.11 Å². The lowest BCUT2D eigenvalue weighted by molar-refractivity contribution is -0.394. The number of esters is 1. The normalized spacial score (nSPS) is 11.3. The van der Waals surface area contributed by atoms with Crippen LogP contribution in [0.25, 0.3) is 5.69 Å². The molecule has 176 valence electrons. The Kier molecular flexibility index (Phi) is 7.48. The Hall–Kier alpha value is -4.81. The predicted molar refractivity (Wildman–Crippen MR) is 116 cm³/mol. The van der Waals surface area contributed by atoms with E-state index >= 15 is 0 Å². The number of nitro benzene ring substituents is 2. The maximum absolute atomic E-state index is 12.2. The summed E-state index contributed by atoms with van der Waals surface area (Å²) in [6.07, 6.45) is 1.72. The molecule has 0 unspecified atom stereocenters. The molecule has 1 heterocycles. The monoisotopic (exact) mass is 469 g/mol. The van der Waals surface area contributed by atoms with E-state index in [0.717, 1.165) is 24.8 Å². The third kappa shape index (κ3) is 5.91. The molecule has 1 atom stereocenters. The Morgan fingerprint density at radius 1 is 1.12 bits per heavy atom. The van der Waals surface area contributed by atoms with Gasteiger partial charge in [-0.15, -0.1) is 0 Å². The molecule has 13 heteroatoms. The maximum atomic E-state index is 12.2. The number of benzene rings is 2. The largest absolute Gasteiger partial charge is 0.467 e. The van der Waals surface area contributed by atoms with Crippen LogP contribution in [0.15, 0.2) is 61.1 Å². The first-order valence-corrected chi connectivity index (χ1v) is 9.79. The predicted octanol–water partition coefficient (Wildman–Crippen LogP) is 2.70. The SMILES string of the molecule is COC(=O)[C@H](Cc1cn(-c2ccc([N+](=O)[O-])cc2[N+](=O)[O-])cn1)NC(=O)OCc1ccccc1. The second kappa shape index (κ2) is 10.7. The highest BCUT2D eigenvalue weighted by atomic mass is 16.6. The van der Waals surface area contributed by atoms with Gasteiger partial charge in [0.1, 0.15) is 18.3 Å². The van der Waals surface area contributed by atoms with Crippen molar-refractivity contribution < 1.29 is 28.9 Å². The van der Waals surface area contributed by atoms with Gasteiger partial charge >= 0.3 is 12.1 Å². The summed E-state index contributed by atoms with van der Waals surface area (Å²) in [6, 6.07) is 11.0. The molecule has 0 bridgehead atoms. The van der Waals surface area contributed by atoms with E-state index in [1.807, 2.05) is 6.07 Å². The summed E-state index contributed by atoms with van der Waals surface area (Å²) >= 11 is 0. The first-order chi connectivity index (χ1) is 16.3. The number of nitrogens with zero attached hydrogens (tertiary/aromatic N) is 4. The van der Waals surface area contributed by atoms with Crippen LogP contribution in [0, 0.1) is 20.2 Å². The van der Waals surface area contributed by atoms with E-state index in [1.54, 1.807) is 24.3 Å². The highest BCUT2D eigenvalue weighted by molar-refractivity contribution is 5.81. The fourth-order valence-corrected chi connectivity index (χ4v) is 3.04.